The molecule has 19 heavy (non-hydrogen) atoms. The maximum absolute atomic E-state index is 4.47. The number of hydrogen-bond acceptors (Lipinski definition) is 4. The normalized spacial score (nSPS) is 19.2. The van der Waals surface area contributed by atoms with Gasteiger partial charge in [0.2, 0.25) is 0 Å². The van der Waals surface area contributed by atoms with Crippen LogP contribution in [0.15, 0.2) is 24.3 Å². The molecular formula is C14H19N5. The monoisotopic (exact) mass is 257 g/mol. The second kappa shape index (κ2) is 5.09. The van der Waals surface area contributed by atoms with E-state index in [9.17, 15) is 0 Å². The highest BCUT2D eigenvalue weighted by Gasteiger charge is 2.21. The maximum Gasteiger partial charge on any atom is 0.192 e. The van der Waals surface area contributed by atoms with E-state index in [2.05, 4.69) is 46.7 Å². The third kappa shape index (κ3) is 2.51. The summed E-state index contributed by atoms with van der Waals surface area (Å²) in [7, 11) is 0. The second-order valence-electron chi connectivity index (χ2n) is 5.33. The first kappa shape index (κ1) is 12.3. The Kier molecular flexibility index (Phi) is 3.29. The quantitative estimate of drug-likeness (QED) is 0.916. The lowest BCUT2D eigenvalue weighted by molar-refractivity contribution is 0.602. The molecule has 1 aromatic carbocycles. The fraction of sp³-hybridized carbons (Fsp3) is 0.500. The molecule has 0 saturated carbocycles. The molecule has 1 aromatic heterocycles. The van der Waals surface area contributed by atoms with E-state index in [1.54, 1.807) is 4.80 Å². The first-order valence-electron chi connectivity index (χ1n) is 6.87. The number of nitrogens with zero attached hydrogens (tertiary/aromatic N) is 4. The van der Waals surface area contributed by atoms with Crippen LogP contribution in [0.4, 0.5) is 0 Å². The van der Waals surface area contributed by atoms with Crippen LogP contribution in [0.3, 0.4) is 0 Å². The average molecular weight is 257 g/mol. The Hall–Kier alpha value is -1.75. The third-order valence-corrected chi connectivity index (χ3v) is 3.59. The van der Waals surface area contributed by atoms with Crippen molar-refractivity contribution < 1.29 is 0 Å². The minimum Gasteiger partial charge on any atom is -0.307 e. The molecule has 2 heterocycles. The van der Waals surface area contributed by atoms with Crippen molar-refractivity contribution in [2.75, 3.05) is 6.54 Å². The molecule has 1 aliphatic heterocycles. The Morgan fingerprint density at radius 2 is 2.05 bits per heavy atom. The number of rotatable bonds is 3. The van der Waals surface area contributed by atoms with Crippen molar-refractivity contribution in [2.45, 2.75) is 38.6 Å². The molecule has 100 valence electrons. The Balaban J connectivity index is 1.81. The van der Waals surface area contributed by atoms with E-state index in [0.29, 0.717) is 5.92 Å². The molecule has 0 bridgehead atoms. The summed E-state index contributed by atoms with van der Waals surface area (Å²) < 4.78 is 0. The zero-order valence-electron chi connectivity index (χ0n) is 11.4. The highest BCUT2D eigenvalue weighted by atomic mass is 15.6. The van der Waals surface area contributed by atoms with Gasteiger partial charge < -0.3 is 5.32 Å². The van der Waals surface area contributed by atoms with Crippen molar-refractivity contribution in [3.8, 4) is 5.69 Å². The van der Waals surface area contributed by atoms with E-state index in [0.717, 1.165) is 24.5 Å². The molecule has 0 amide bonds. The molecule has 0 spiro atoms. The first-order valence-corrected chi connectivity index (χ1v) is 6.87. The zero-order chi connectivity index (χ0) is 13.2. The molecule has 1 N–H and O–H groups in total. The molecule has 1 aliphatic rings. The van der Waals surface area contributed by atoms with Gasteiger partial charge in [-0.25, -0.2) is 0 Å². The maximum atomic E-state index is 4.47. The summed E-state index contributed by atoms with van der Waals surface area (Å²) in [6.45, 7) is 5.42. The number of benzene rings is 1. The van der Waals surface area contributed by atoms with E-state index in [1.165, 1.54) is 12.0 Å². The highest BCUT2D eigenvalue weighted by molar-refractivity contribution is 5.33. The smallest absolute Gasteiger partial charge is 0.192 e. The largest absolute Gasteiger partial charge is 0.307 e. The van der Waals surface area contributed by atoms with E-state index >= 15 is 0 Å². The van der Waals surface area contributed by atoms with E-state index in [-0.39, 0.29) is 6.04 Å². The SMILES string of the molecule is CC(C)c1ccc(-n2nnc(C3CCCN3)n2)cc1. The van der Waals surface area contributed by atoms with Crippen LogP contribution in [0.1, 0.15) is 50.0 Å². The van der Waals surface area contributed by atoms with Gasteiger partial charge in [0, 0.05) is 0 Å². The van der Waals surface area contributed by atoms with E-state index in [1.807, 2.05) is 12.1 Å². The van der Waals surface area contributed by atoms with Crippen molar-refractivity contribution in [2.24, 2.45) is 0 Å². The molecule has 5 heteroatoms. The van der Waals surface area contributed by atoms with Crippen molar-refractivity contribution in [1.29, 1.82) is 0 Å². The van der Waals surface area contributed by atoms with Gasteiger partial charge in [0.05, 0.1) is 11.7 Å². The van der Waals surface area contributed by atoms with Crippen molar-refractivity contribution >= 4 is 0 Å². The van der Waals surface area contributed by atoms with Crippen LogP contribution in [0.5, 0.6) is 0 Å². The van der Waals surface area contributed by atoms with Gasteiger partial charge in [-0.3, -0.25) is 0 Å². The lowest BCUT2D eigenvalue weighted by atomic mass is 10.0. The molecule has 0 aliphatic carbocycles. The van der Waals surface area contributed by atoms with E-state index in [4.69, 9.17) is 0 Å². The summed E-state index contributed by atoms with van der Waals surface area (Å²) in [4.78, 5) is 1.61. The fourth-order valence-electron chi connectivity index (χ4n) is 2.37. The number of hydrogen-bond donors (Lipinski definition) is 1. The minimum absolute atomic E-state index is 0.267. The summed E-state index contributed by atoms with van der Waals surface area (Å²) in [5.74, 6) is 1.33. The van der Waals surface area contributed by atoms with Crippen LogP contribution >= 0.6 is 0 Å². The number of nitrogens with one attached hydrogen (secondary N) is 1. The zero-order valence-corrected chi connectivity index (χ0v) is 11.4. The van der Waals surface area contributed by atoms with Gasteiger partial charge in [-0.15, -0.1) is 15.0 Å². The van der Waals surface area contributed by atoms with Crippen LogP contribution in [0.2, 0.25) is 0 Å². The van der Waals surface area contributed by atoms with Gasteiger partial charge in [-0.1, -0.05) is 26.0 Å². The third-order valence-electron chi connectivity index (χ3n) is 3.59. The summed E-state index contributed by atoms with van der Waals surface area (Å²) in [6.07, 6.45) is 2.28. The van der Waals surface area contributed by atoms with Gasteiger partial charge >= 0.3 is 0 Å². The molecule has 5 nitrogen and oxygen atoms in total. The molecule has 1 unspecified atom stereocenters. The predicted octanol–water partition coefficient (Wildman–Crippen LogP) is 2.21. The Labute approximate surface area is 113 Å². The topological polar surface area (TPSA) is 55.6 Å². The number of aromatic nitrogens is 4. The Morgan fingerprint density at radius 3 is 2.68 bits per heavy atom. The molecule has 1 fully saturated rings. The van der Waals surface area contributed by atoms with Crippen LogP contribution in [-0.2, 0) is 0 Å². The average Bonchev–Trinajstić information content (AvgIpc) is 3.10. The first-order chi connectivity index (χ1) is 9.24. The lowest BCUT2D eigenvalue weighted by Gasteiger charge is -2.06. The summed E-state index contributed by atoms with van der Waals surface area (Å²) >= 11 is 0. The molecule has 0 radical (unpaired) electrons. The molecule has 1 saturated heterocycles. The second-order valence-corrected chi connectivity index (χ2v) is 5.33. The van der Waals surface area contributed by atoms with Gasteiger partial charge in [-0.05, 0) is 48.2 Å². The number of tetrazole rings is 1. The predicted molar refractivity (Wildman–Crippen MR) is 73.2 cm³/mol. The summed E-state index contributed by atoms with van der Waals surface area (Å²) in [5, 5.41) is 16.1. The van der Waals surface area contributed by atoms with Crippen LogP contribution in [0.25, 0.3) is 5.69 Å². The summed E-state index contributed by atoms with van der Waals surface area (Å²) in [6, 6.07) is 8.60. The highest BCUT2D eigenvalue weighted by Crippen LogP contribution is 2.20. The molecule has 3 rings (SSSR count). The van der Waals surface area contributed by atoms with Gasteiger partial charge in [0.25, 0.3) is 0 Å². The van der Waals surface area contributed by atoms with Gasteiger partial charge in [0.15, 0.2) is 5.82 Å². The summed E-state index contributed by atoms with van der Waals surface area (Å²) in [5.41, 5.74) is 2.28. The Morgan fingerprint density at radius 1 is 1.26 bits per heavy atom. The van der Waals surface area contributed by atoms with Crippen molar-refractivity contribution in [1.82, 2.24) is 25.5 Å². The van der Waals surface area contributed by atoms with E-state index < -0.39 is 0 Å². The van der Waals surface area contributed by atoms with Gasteiger partial charge in [0.1, 0.15) is 0 Å². The standard InChI is InChI=1S/C14H19N5/c1-10(2)11-5-7-12(8-6-11)19-17-14(16-18-19)13-4-3-9-15-13/h5-8,10,13,15H,3-4,9H2,1-2H3. The lowest BCUT2D eigenvalue weighted by Crippen LogP contribution is -2.14. The van der Waals surface area contributed by atoms with Crippen LogP contribution < -0.4 is 5.32 Å². The molecular weight excluding hydrogens is 238 g/mol. The molecule has 2 aromatic rings. The molecule has 1 atom stereocenters. The fourth-order valence-corrected chi connectivity index (χ4v) is 2.37. The van der Waals surface area contributed by atoms with Crippen LogP contribution in [-0.4, -0.2) is 26.8 Å². The van der Waals surface area contributed by atoms with Crippen LogP contribution in [0, 0.1) is 0 Å². The van der Waals surface area contributed by atoms with Crippen molar-refractivity contribution in [3.63, 3.8) is 0 Å². The Bertz CT molecular complexity index is 537. The van der Waals surface area contributed by atoms with Gasteiger partial charge in [-0.2, -0.15) is 0 Å². The minimum atomic E-state index is 0.267. The van der Waals surface area contributed by atoms with Crippen molar-refractivity contribution in [3.05, 3.63) is 35.7 Å².